The van der Waals surface area contributed by atoms with Gasteiger partial charge >= 0.3 is 6.09 Å². The summed E-state index contributed by atoms with van der Waals surface area (Å²) in [6.45, 7) is 5.64. The van der Waals surface area contributed by atoms with Gasteiger partial charge in [-0.2, -0.15) is 15.2 Å². The number of nitrogens with two attached hydrogens (primary N) is 1. The van der Waals surface area contributed by atoms with E-state index in [1.165, 1.54) is 21.6 Å². The second-order valence-corrected chi connectivity index (χ2v) is 7.75. The van der Waals surface area contributed by atoms with Crippen LogP contribution in [0.4, 0.5) is 10.5 Å². The highest BCUT2D eigenvalue weighted by atomic mass is 16.6. The Morgan fingerprint density at radius 1 is 1.25 bits per heavy atom. The maximum atomic E-state index is 12.7. The van der Waals surface area contributed by atoms with Crippen molar-refractivity contribution in [1.29, 1.82) is 0 Å². The first-order chi connectivity index (χ1) is 15.0. The number of fused-ring (bicyclic) bond motifs is 1. The molecule has 0 bridgehead atoms. The fourth-order valence-electron chi connectivity index (χ4n) is 2.67. The fraction of sp³-hybridized carbons (Fsp3) is 0.368. The average Bonchev–Trinajstić information content (AvgIpc) is 3.26. The Kier molecular flexibility index (Phi) is 6.27. The molecule has 0 spiro atoms. The Bertz CT molecular complexity index is 1160. The molecule has 0 saturated heterocycles. The number of primary amides is 1. The highest BCUT2D eigenvalue weighted by molar-refractivity contribution is 6.10. The summed E-state index contributed by atoms with van der Waals surface area (Å²) < 4.78 is 13.4. The molecule has 3 aromatic rings. The third kappa shape index (κ3) is 5.50. The number of carbonyl (C=O) groups is 3. The van der Waals surface area contributed by atoms with Gasteiger partial charge in [0, 0.05) is 25.5 Å². The van der Waals surface area contributed by atoms with Gasteiger partial charge in [0.15, 0.2) is 11.3 Å². The summed E-state index contributed by atoms with van der Waals surface area (Å²) >= 11 is 0. The molecule has 0 aliphatic carbocycles. The van der Waals surface area contributed by atoms with E-state index in [0.717, 1.165) is 0 Å². The van der Waals surface area contributed by atoms with Crippen LogP contribution < -0.4 is 21.1 Å². The first-order valence-corrected chi connectivity index (χ1v) is 9.62. The SMILES string of the molecule is Cn1cc(NC(=O)c2cnn3ccc(OCCNC(=O)OC(C)(C)C)nc23)c(C(N)=O)n1. The van der Waals surface area contributed by atoms with Gasteiger partial charge in [-0.25, -0.2) is 9.31 Å². The van der Waals surface area contributed by atoms with Gasteiger partial charge in [0.1, 0.15) is 17.8 Å². The van der Waals surface area contributed by atoms with Crippen molar-refractivity contribution in [2.45, 2.75) is 26.4 Å². The van der Waals surface area contributed by atoms with Gasteiger partial charge in [-0.3, -0.25) is 14.3 Å². The normalized spacial score (nSPS) is 11.2. The monoisotopic (exact) mass is 444 g/mol. The maximum Gasteiger partial charge on any atom is 0.407 e. The van der Waals surface area contributed by atoms with Crippen LogP contribution in [0.1, 0.15) is 41.6 Å². The first-order valence-electron chi connectivity index (χ1n) is 9.62. The number of aryl methyl sites for hydroxylation is 1. The van der Waals surface area contributed by atoms with Gasteiger partial charge in [-0.1, -0.05) is 0 Å². The Hall–Kier alpha value is -4.16. The van der Waals surface area contributed by atoms with E-state index in [1.807, 2.05) is 0 Å². The topological polar surface area (TPSA) is 168 Å². The molecule has 32 heavy (non-hydrogen) atoms. The Labute approximate surface area is 182 Å². The lowest BCUT2D eigenvalue weighted by Crippen LogP contribution is -2.34. The van der Waals surface area contributed by atoms with Crippen molar-refractivity contribution in [3.63, 3.8) is 0 Å². The number of aromatic nitrogens is 5. The van der Waals surface area contributed by atoms with Crippen molar-refractivity contribution in [2.75, 3.05) is 18.5 Å². The summed E-state index contributed by atoms with van der Waals surface area (Å²) in [6.07, 6.45) is 3.83. The molecule has 3 heterocycles. The number of carbonyl (C=O) groups excluding carboxylic acids is 3. The lowest BCUT2D eigenvalue weighted by atomic mass is 10.2. The second-order valence-electron chi connectivity index (χ2n) is 7.75. The summed E-state index contributed by atoms with van der Waals surface area (Å²) in [5.41, 5.74) is 5.20. The van der Waals surface area contributed by atoms with Crippen molar-refractivity contribution in [3.8, 4) is 5.88 Å². The molecule has 3 amide bonds. The van der Waals surface area contributed by atoms with Crippen LogP contribution in [0.5, 0.6) is 5.88 Å². The molecule has 3 aromatic heterocycles. The molecular weight excluding hydrogens is 420 g/mol. The van der Waals surface area contributed by atoms with Crippen molar-refractivity contribution >= 4 is 29.2 Å². The lowest BCUT2D eigenvalue weighted by molar-refractivity contribution is 0.0519. The summed E-state index contributed by atoms with van der Waals surface area (Å²) in [5.74, 6) is -1.08. The van der Waals surface area contributed by atoms with E-state index >= 15 is 0 Å². The number of ether oxygens (including phenoxy) is 2. The lowest BCUT2D eigenvalue weighted by Gasteiger charge is -2.19. The van der Waals surface area contributed by atoms with Gasteiger partial charge < -0.3 is 25.8 Å². The summed E-state index contributed by atoms with van der Waals surface area (Å²) in [5, 5.41) is 13.2. The Morgan fingerprint density at radius 2 is 2.00 bits per heavy atom. The standard InChI is InChI=1S/C19H24N8O5/c1-19(2,3)32-18(30)21-6-8-31-13-5-7-27-16(24-13)11(9-22-27)17(29)23-12-10-26(4)25-14(12)15(20)28/h5,7,9-10H,6,8H2,1-4H3,(H2,20,28)(H,21,30)(H,23,29). The molecule has 0 aromatic carbocycles. The van der Waals surface area contributed by atoms with Crippen LogP contribution in [0.25, 0.3) is 5.65 Å². The minimum Gasteiger partial charge on any atom is -0.476 e. The van der Waals surface area contributed by atoms with E-state index in [1.54, 1.807) is 40.1 Å². The van der Waals surface area contributed by atoms with Gasteiger partial charge in [0.25, 0.3) is 11.8 Å². The highest BCUT2D eigenvalue weighted by Gasteiger charge is 2.20. The molecule has 0 atom stereocenters. The molecule has 170 valence electrons. The van der Waals surface area contributed by atoms with Crippen LogP contribution >= 0.6 is 0 Å². The van der Waals surface area contributed by atoms with Crippen molar-refractivity contribution < 1.29 is 23.9 Å². The number of hydrogen-bond acceptors (Lipinski definition) is 8. The number of nitrogens with zero attached hydrogens (tertiary/aromatic N) is 5. The van der Waals surface area contributed by atoms with Crippen LogP contribution in [0, 0.1) is 0 Å². The van der Waals surface area contributed by atoms with Crippen LogP contribution in [0.15, 0.2) is 24.7 Å². The van der Waals surface area contributed by atoms with E-state index in [4.69, 9.17) is 15.2 Å². The number of anilines is 1. The number of alkyl carbamates (subject to hydrolysis) is 1. The minimum atomic E-state index is -0.769. The van der Waals surface area contributed by atoms with E-state index in [9.17, 15) is 14.4 Å². The fourth-order valence-corrected chi connectivity index (χ4v) is 2.67. The number of hydrogen-bond donors (Lipinski definition) is 3. The van der Waals surface area contributed by atoms with Crippen molar-refractivity contribution in [1.82, 2.24) is 29.7 Å². The molecule has 4 N–H and O–H groups in total. The van der Waals surface area contributed by atoms with E-state index in [2.05, 4.69) is 25.8 Å². The molecule has 0 aliphatic rings. The summed E-state index contributed by atoms with van der Waals surface area (Å²) in [7, 11) is 1.60. The third-order valence-electron chi connectivity index (χ3n) is 3.92. The van der Waals surface area contributed by atoms with Gasteiger partial charge in [-0.15, -0.1) is 0 Å². The van der Waals surface area contributed by atoms with Crippen LogP contribution in [-0.4, -0.2) is 61.0 Å². The first kappa shape index (κ1) is 22.5. The molecule has 13 heteroatoms. The second kappa shape index (κ2) is 8.91. The van der Waals surface area contributed by atoms with E-state index in [-0.39, 0.29) is 41.6 Å². The number of nitrogens with one attached hydrogen (secondary N) is 2. The maximum absolute atomic E-state index is 12.7. The zero-order valence-electron chi connectivity index (χ0n) is 18.1. The smallest absolute Gasteiger partial charge is 0.407 e. The Balaban J connectivity index is 1.66. The summed E-state index contributed by atoms with van der Waals surface area (Å²) in [6, 6.07) is 1.57. The number of amides is 3. The molecule has 0 unspecified atom stereocenters. The summed E-state index contributed by atoms with van der Waals surface area (Å²) in [4.78, 5) is 40.2. The quantitative estimate of drug-likeness (QED) is 0.448. The van der Waals surface area contributed by atoms with Crippen LogP contribution in [0.2, 0.25) is 0 Å². The molecule has 0 fully saturated rings. The van der Waals surface area contributed by atoms with Crippen LogP contribution in [0.3, 0.4) is 0 Å². The molecule has 0 aliphatic heterocycles. The van der Waals surface area contributed by atoms with Crippen LogP contribution in [-0.2, 0) is 11.8 Å². The van der Waals surface area contributed by atoms with Gasteiger partial charge in [0.2, 0.25) is 5.88 Å². The minimum absolute atomic E-state index is 0.0632. The zero-order valence-corrected chi connectivity index (χ0v) is 18.1. The van der Waals surface area contributed by atoms with Gasteiger partial charge in [-0.05, 0) is 20.8 Å². The van der Waals surface area contributed by atoms with E-state index < -0.39 is 23.5 Å². The molecular formula is C19H24N8O5. The van der Waals surface area contributed by atoms with Crippen molar-refractivity contribution in [2.24, 2.45) is 12.8 Å². The number of rotatable bonds is 7. The predicted octanol–water partition coefficient (Wildman–Crippen LogP) is 0.718. The molecule has 13 nitrogen and oxygen atoms in total. The average molecular weight is 444 g/mol. The van der Waals surface area contributed by atoms with Crippen molar-refractivity contribution in [3.05, 3.63) is 35.9 Å². The molecule has 0 radical (unpaired) electrons. The highest BCUT2D eigenvalue weighted by Crippen LogP contribution is 2.17. The van der Waals surface area contributed by atoms with E-state index in [0.29, 0.717) is 0 Å². The molecule has 3 rings (SSSR count). The molecule has 0 saturated carbocycles. The van der Waals surface area contributed by atoms with Gasteiger partial charge in [0.05, 0.1) is 18.4 Å². The third-order valence-corrected chi connectivity index (χ3v) is 3.92. The predicted molar refractivity (Wildman–Crippen MR) is 112 cm³/mol. The zero-order chi connectivity index (χ0) is 23.5. The Morgan fingerprint density at radius 3 is 2.69 bits per heavy atom. The largest absolute Gasteiger partial charge is 0.476 e.